The third-order valence-electron chi connectivity index (χ3n) is 3.29. The predicted octanol–water partition coefficient (Wildman–Crippen LogP) is 2.85. The molecule has 20 heavy (non-hydrogen) atoms. The number of hydrogen-bond acceptors (Lipinski definition) is 2. The largest absolute Gasteiger partial charge is 0.349 e. The van der Waals surface area contributed by atoms with Gasteiger partial charge in [-0.1, -0.05) is 37.3 Å². The summed E-state index contributed by atoms with van der Waals surface area (Å²) in [7, 11) is 0. The lowest BCUT2D eigenvalue weighted by Crippen LogP contribution is -2.28. The molecule has 0 bridgehead atoms. The highest BCUT2D eigenvalue weighted by Gasteiger charge is 2.12. The summed E-state index contributed by atoms with van der Waals surface area (Å²) in [6, 6.07) is 12.1. The molecule has 1 atom stereocenters. The number of carbonyl (C=O) groups is 1. The Kier molecular flexibility index (Phi) is 4.93. The van der Waals surface area contributed by atoms with Crippen LogP contribution >= 0.6 is 0 Å². The quantitative estimate of drug-likeness (QED) is 0.878. The molecule has 2 rings (SSSR count). The van der Waals surface area contributed by atoms with Crippen molar-refractivity contribution >= 4 is 5.91 Å². The number of nitrogens with zero attached hydrogens (tertiary/aromatic N) is 2. The molecule has 0 radical (unpaired) electrons. The highest BCUT2D eigenvalue weighted by atomic mass is 16.1. The van der Waals surface area contributed by atoms with Crippen molar-refractivity contribution < 1.29 is 4.79 Å². The van der Waals surface area contributed by atoms with Crippen LogP contribution < -0.4 is 5.32 Å². The summed E-state index contributed by atoms with van der Waals surface area (Å²) in [5, 5.41) is 7.36. The molecule has 0 aliphatic carbocycles. The van der Waals surface area contributed by atoms with Gasteiger partial charge in [-0.25, -0.2) is 0 Å². The zero-order valence-corrected chi connectivity index (χ0v) is 12.0. The number of aryl methyl sites for hydroxylation is 2. The van der Waals surface area contributed by atoms with E-state index in [1.165, 1.54) is 0 Å². The van der Waals surface area contributed by atoms with E-state index in [0.717, 1.165) is 17.7 Å². The Bertz CT molecular complexity index is 548. The first-order valence-corrected chi connectivity index (χ1v) is 7.03. The van der Waals surface area contributed by atoms with E-state index in [1.54, 1.807) is 4.68 Å². The minimum absolute atomic E-state index is 0.0638. The minimum atomic E-state index is 0.0638. The zero-order valence-electron chi connectivity index (χ0n) is 12.0. The van der Waals surface area contributed by atoms with Crippen LogP contribution in [-0.4, -0.2) is 15.7 Å². The molecule has 1 aromatic heterocycles. The third-order valence-corrected chi connectivity index (χ3v) is 3.29. The van der Waals surface area contributed by atoms with Crippen molar-refractivity contribution in [3.8, 4) is 0 Å². The molecule has 0 saturated carbocycles. The Morgan fingerprint density at radius 1 is 1.30 bits per heavy atom. The minimum Gasteiger partial charge on any atom is -0.349 e. The van der Waals surface area contributed by atoms with Crippen LogP contribution in [0, 0.1) is 6.92 Å². The van der Waals surface area contributed by atoms with Gasteiger partial charge in [0.2, 0.25) is 5.91 Å². The predicted molar refractivity (Wildman–Crippen MR) is 79.2 cm³/mol. The topological polar surface area (TPSA) is 46.9 Å². The van der Waals surface area contributed by atoms with Gasteiger partial charge in [0.05, 0.1) is 11.7 Å². The fourth-order valence-corrected chi connectivity index (χ4v) is 2.18. The fraction of sp³-hybridized carbons (Fsp3) is 0.375. The Morgan fingerprint density at radius 3 is 2.65 bits per heavy atom. The molecular formula is C16H21N3O. The summed E-state index contributed by atoms with van der Waals surface area (Å²) in [5.74, 6) is 0.0638. The number of hydrogen-bond donors (Lipinski definition) is 1. The summed E-state index contributed by atoms with van der Waals surface area (Å²) in [6.07, 6.45) is 3.23. The Hall–Kier alpha value is -2.10. The summed E-state index contributed by atoms with van der Waals surface area (Å²) in [4.78, 5) is 12.0. The van der Waals surface area contributed by atoms with Crippen molar-refractivity contribution in [1.29, 1.82) is 0 Å². The smallest absolute Gasteiger partial charge is 0.222 e. The SMILES string of the molecule is CC[C@@H](NC(=O)CCn1ccc(C)n1)c1ccccc1. The van der Waals surface area contributed by atoms with Gasteiger partial charge in [0.15, 0.2) is 0 Å². The molecule has 4 heteroatoms. The first kappa shape index (κ1) is 14.3. The van der Waals surface area contributed by atoms with Gasteiger partial charge in [-0.3, -0.25) is 9.48 Å². The molecule has 0 fully saturated rings. The van der Waals surface area contributed by atoms with Crippen LogP contribution in [0.25, 0.3) is 0 Å². The van der Waals surface area contributed by atoms with E-state index in [1.807, 2.05) is 49.5 Å². The summed E-state index contributed by atoms with van der Waals surface area (Å²) >= 11 is 0. The lowest BCUT2D eigenvalue weighted by Gasteiger charge is -2.17. The number of amides is 1. The maximum absolute atomic E-state index is 12.0. The van der Waals surface area contributed by atoms with E-state index < -0.39 is 0 Å². The maximum Gasteiger partial charge on any atom is 0.222 e. The molecule has 106 valence electrons. The number of aromatic nitrogens is 2. The van der Waals surface area contributed by atoms with Crippen LogP contribution in [-0.2, 0) is 11.3 Å². The van der Waals surface area contributed by atoms with E-state index in [4.69, 9.17) is 0 Å². The van der Waals surface area contributed by atoms with Crippen molar-refractivity contribution in [2.45, 2.75) is 39.3 Å². The van der Waals surface area contributed by atoms with E-state index in [9.17, 15) is 4.79 Å². The number of benzene rings is 1. The standard InChI is InChI=1S/C16H21N3O/c1-3-15(14-7-5-4-6-8-14)17-16(20)10-12-19-11-9-13(2)18-19/h4-9,11,15H,3,10,12H2,1-2H3,(H,17,20)/t15-/m1/s1. The second-order valence-corrected chi connectivity index (χ2v) is 4.91. The summed E-state index contributed by atoms with van der Waals surface area (Å²) in [5.41, 5.74) is 2.12. The highest BCUT2D eigenvalue weighted by molar-refractivity contribution is 5.76. The molecule has 0 spiro atoms. The molecule has 1 heterocycles. The Morgan fingerprint density at radius 2 is 2.05 bits per heavy atom. The lowest BCUT2D eigenvalue weighted by atomic mass is 10.0. The van der Waals surface area contributed by atoms with Crippen molar-refractivity contribution in [1.82, 2.24) is 15.1 Å². The highest BCUT2D eigenvalue weighted by Crippen LogP contribution is 2.15. The van der Waals surface area contributed by atoms with E-state index in [0.29, 0.717) is 13.0 Å². The average molecular weight is 271 g/mol. The van der Waals surface area contributed by atoms with E-state index in [2.05, 4.69) is 17.3 Å². The van der Waals surface area contributed by atoms with Crippen LogP contribution in [0.5, 0.6) is 0 Å². The van der Waals surface area contributed by atoms with Crippen molar-refractivity contribution in [2.75, 3.05) is 0 Å². The van der Waals surface area contributed by atoms with Gasteiger partial charge >= 0.3 is 0 Å². The van der Waals surface area contributed by atoms with Crippen molar-refractivity contribution in [3.05, 3.63) is 53.9 Å². The normalized spacial score (nSPS) is 12.1. The molecule has 1 amide bonds. The number of nitrogens with one attached hydrogen (secondary N) is 1. The van der Waals surface area contributed by atoms with Crippen molar-refractivity contribution in [2.24, 2.45) is 0 Å². The average Bonchev–Trinajstić information content (AvgIpc) is 2.89. The van der Waals surface area contributed by atoms with Crippen LogP contribution in [0.15, 0.2) is 42.6 Å². The van der Waals surface area contributed by atoms with Crippen LogP contribution in [0.3, 0.4) is 0 Å². The van der Waals surface area contributed by atoms with E-state index >= 15 is 0 Å². The summed E-state index contributed by atoms with van der Waals surface area (Å²) < 4.78 is 1.80. The Balaban J connectivity index is 1.86. The molecule has 0 saturated heterocycles. The first-order valence-electron chi connectivity index (χ1n) is 7.03. The van der Waals surface area contributed by atoms with Gasteiger partial charge in [0, 0.05) is 19.2 Å². The molecule has 0 aliphatic rings. The first-order chi connectivity index (χ1) is 9.69. The van der Waals surface area contributed by atoms with Gasteiger partial charge in [-0.15, -0.1) is 0 Å². The fourth-order valence-electron chi connectivity index (χ4n) is 2.18. The summed E-state index contributed by atoms with van der Waals surface area (Å²) in [6.45, 7) is 4.64. The molecule has 1 aromatic carbocycles. The third kappa shape index (κ3) is 3.95. The van der Waals surface area contributed by atoms with Gasteiger partial charge in [-0.05, 0) is 25.0 Å². The molecule has 0 unspecified atom stereocenters. The lowest BCUT2D eigenvalue weighted by molar-refractivity contribution is -0.122. The van der Waals surface area contributed by atoms with Gasteiger partial charge < -0.3 is 5.32 Å². The molecule has 0 aliphatic heterocycles. The molecule has 2 aromatic rings. The second kappa shape index (κ2) is 6.89. The van der Waals surface area contributed by atoms with E-state index in [-0.39, 0.29) is 11.9 Å². The van der Waals surface area contributed by atoms with Gasteiger partial charge in [-0.2, -0.15) is 5.10 Å². The number of carbonyl (C=O) groups excluding carboxylic acids is 1. The van der Waals surface area contributed by atoms with Crippen LogP contribution in [0.1, 0.15) is 37.1 Å². The maximum atomic E-state index is 12.0. The van der Waals surface area contributed by atoms with Crippen LogP contribution in [0.2, 0.25) is 0 Å². The second-order valence-electron chi connectivity index (χ2n) is 4.91. The zero-order chi connectivity index (χ0) is 14.4. The van der Waals surface area contributed by atoms with Crippen LogP contribution in [0.4, 0.5) is 0 Å². The molecule has 4 nitrogen and oxygen atoms in total. The van der Waals surface area contributed by atoms with Crippen molar-refractivity contribution in [3.63, 3.8) is 0 Å². The number of rotatable bonds is 6. The monoisotopic (exact) mass is 271 g/mol. The molecule has 1 N–H and O–H groups in total. The Labute approximate surface area is 119 Å². The van der Waals surface area contributed by atoms with Gasteiger partial charge in [0.25, 0.3) is 0 Å². The van der Waals surface area contributed by atoms with Gasteiger partial charge in [0.1, 0.15) is 0 Å². The molecular weight excluding hydrogens is 250 g/mol.